The Kier molecular flexibility index (Phi) is 5.30. The first-order valence-corrected chi connectivity index (χ1v) is 8.45. The number of nitrogens with one attached hydrogen (secondary N) is 1. The zero-order chi connectivity index (χ0) is 16.9. The average molecular weight is 330 g/mol. The second-order valence-corrected chi connectivity index (χ2v) is 6.23. The van der Waals surface area contributed by atoms with Crippen LogP contribution < -0.4 is 5.32 Å². The van der Waals surface area contributed by atoms with Crippen LogP contribution >= 0.6 is 0 Å². The number of hydrogen-bond donors (Lipinski definition) is 1. The first-order valence-electron chi connectivity index (χ1n) is 8.45. The van der Waals surface area contributed by atoms with Crippen LogP contribution in [0.1, 0.15) is 25.0 Å². The van der Waals surface area contributed by atoms with Crippen molar-refractivity contribution in [1.82, 2.24) is 10.2 Å². The summed E-state index contributed by atoms with van der Waals surface area (Å²) in [5.41, 5.74) is 0.446. The molecule has 2 heterocycles. The summed E-state index contributed by atoms with van der Waals surface area (Å²) in [7, 11) is 1.88. The van der Waals surface area contributed by atoms with E-state index in [1.807, 2.05) is 18.0 Å². The molecule has 1 aromatic heterocycles. The third-order valence-corrected chi connectivity index (χ3v) is 4.64. The fourth-order valence-corrected chi connectivity index (χ4v) is 3.12. The largest absolute Gasteiger partial charge is 0.461 e. The Labute approximate surface area is 141 Å². The van der Waals surface area contributed by atoms with Gasteiger partial charge in [0.2, 0.25) is 5.91 Å². The molecule has 0 radical (unpaired) electrons. The third kappa shape index (κ3) is 3.85. The van der Waals surface area contributed by atoms with Crippen molar-refractivity contribution in [3.05, 3.63) is 48.0 Å². The number of hydrogen-bond acceptors (Lipinski definition) is 3. The van der Waals surface area contributed by atoms with E-state index in [9.17, 15) is 9.18 Å². The number of piperidine rings is 1. The zero-order valence-electron chi connectivity index (χ0n) is 13.9. The lowest BCUT2D eigenvalue weighted by molar-refractivity contribution is -0.132. The molecule has 1 N–H and O–H groups in total. The van der Waals surface area contributed by atoms with Crippen LogP contribution in [-0.4, -0.2) is 37.0 Å². The summed E-state index contributed by atoms with van der Waals surface area (Å²) in [6.07, 6.45) is 2.94. The molecule has 0 saturated carbocycles. The van der Waals surface area contributed by atoms with Gasteiger partial charge in [0.25, 0.3) is 0 Å². The van der Waals surface area contributed by atoms with Crippen molar-refractivity contribution in [2.75, 3.05) is 20.1 Å². The number of aryl methyl sites for hydroxylation is 1. The smallest absolute Gasteiger partial charge is 0.223 e. The zero-order valence-corrected chi connectivity index (χ0v) is 13.9. The van der Waals surface area contributed by atoms with Gasteiger partial charge < -0.3 is 14.6 Å². The molecule has 0 unspecified atom stereocenters. The van der Waals surface area contributed by atoms with Crippen LogP contribution in [0, 0.1) is 5.82 Å². The number of rotatable bonds is 5. The highest BCUT2D eigenvalue weighted by Gasteiger charge is 2.21. The second kappa shape index (κ2) is 7.62. The van der Waals surface area contributed by atoms with Gasteiger partial charge in [0.15, 0.2) is 0 Å². The highest BCUT2D eigenvalue weighted by Crippen LogP contribution is 2.25. The molecule has 0 atom stereocenters. The summed E-state index contributed by atoms with van der Waals surface area (Å²) in [6, 6.07) is 10.4. The Morgan fingerprint density at radius 1 is 1.25 bits per heavy atom. The van der Waals surface area contributed by atoms with E-state index in [-0.39, 0.29) is 11.7 Å². The van der Waals surface area contributed by atoms with Crippen LogP contribution in [0.3, 0.4) is 0 Å². The summed E-state index contributed by atoms with van der Waals surface area (Å²) in [5.74, 6) is 1.04. The minimum atomic E-state index is -0.305. The number of carbonyl (C=O) groups excluding carboxylic acids is 1. The first kappa shape index (κ1) is 16.7. The minimum absolute atomic E-state index is 0.130. The summed E-state index contributed by atoms with van der Waals surface area (Å²) in [6.45, 7) is 1.93. The number of nitrogens with zero attached hydrogens (tertiary/aromatic N) is 1. The summed E-state index contributed by atoms with van der Waals surface area (Å²) >= 11 is 0. The quantitative estimate of drug-likeness (QED) is 0.915. The highest BCUT2D eigenvalue weighted by atomic mass is 19.1. The molecule has 1 amide bonds. The molecule has 128 valence electrons. The van der Waals surface area contributed by atoms with Crippen LogP contribution in [0.5, 0.6) is 0 Å². The Morgan fingerprint density at radius 2 is 2.00 bits per heavy atom. The van der Waals surface area contributed by atoms with Gasteiger partial charge in [0.05, 0.1) is 5.56 Å². The van der Waals surface area contributed by atoms with Gasteiger partial charge in [0.1, 0.15) is 17.3 Å². The molecule has 3 rings (SSSR count). The topological polar surface area (TPSA) is 45.5 Å². The fraction of sp³-hybridized carbons (Fsp3) is 0.421. The van der Waals surface area contributed by atoms with E-state index in [2.05, 4.69) is 5.32 Å². The first-order chi connectivity index (χ1) is 11.6. The molecular formula is C19H23FN2O2. The molecule has 5 heteroatoms. The van der Waals surface area contributed by atoms with Crippen LogP contribution in [0.4, 0.5) is 4.39 Å². The Balaban J connectivity index is 1.57. The van der Waals surface area contributed by atoms with Crippen molar-refractivity contribution in [3.8, 4) is 11.3 Å². The van der Waals surface area contributed by atoms with E-state index in [4.69, 9.17) is 4.42 Å². The lowest BCUT2D eigenvalue weighted by atomic mass is 10.0. The van der Waals surface area contributed by atoms with Gasteiger partial charge in [-0.15, -0.1) is 0 Å². The molecule has 4 nitrogen and oxygen atoms in total. The second-order valence-electron chi connectivity index (χ2n) is 6.23. The molecule has 1 aromatic carbocycles. The van der Waals surface area contributed by atoms with E-state index in [0.717, 1.165) is 25.9 Å². The summed E-state index contributed by atoms with van der Waals surface area (Å²) < 4.78 is 19.5. The monoisotopic (exact) mass is 330 g/mol. The van der Waals surface area contributed by atoms with E-state index in [0.29, 0.717) is 36.0 Å². The van der Waals surface area contributed by atoms with Gasteiger partial charge in [0, 0.05) is 25.9 Å². The van der Waals surface area contributed by atoms with Crippen LogP contribution in [0.15, 0.2) is 40.8 Å². The van der Waals surface area contributed by atoms with E-state index < -0.39 is 0 Å². The van der Waals surface area contributed by atoms with Crippen molar-refractivity contribution in [2.24, 2.45) is 0 Å². The molecular weight excluding hydrogens is 307 g/mol. The van der Waals surface area contributed by atoms with Gasteiger partial charge in [-0.25, -0.2) is 4.39 Å². The molecule has 1 saturated heterocycles. The maximum absolute atomic E-state index is 13.8. The number of benzene rings is 1. The Bertz CT molecular complexity index is 692. The Morgan fingerprint density at radius 3 is 2.75 bits per heavy atom. The van der Waals surface area contributed by atoms with Crippen molar-refractivity contribution in [1.29, 1.82) is 0 Å². The Hall–Kier alpha value is -2.14. The van der Waals surface area contributed by atoms with E-state index >= 15 is 0 Å². The van der Waals surface area contributed by atoms with Crippen LogP contribution in [0.2, 0.25) is 0 Å². The molecule has 0 aliphatic carbocycles. The third-order valence-electron chi connectivity index (χ3n) is 4.64. The fourth-order valence-electron chi connectivity index (χ4n) is 3.12. The van der Waals surface area contributed by atoms with E-state index in [1.165, 1.54) is 6.07 Å². The van der Waals surface area contributed by atoms with Crippen molar-refractivity contribution >= 4 is 5.91 Å². The molecule has 0 bridgehead atoms. The SMILES string of the molecule is CN(C(=O)CCc1ccc(-c2ccccc2F)o1)C1CCNCC1. The van der Waals surface area contributed by atoms with Gasteiger partial charge in [-0.05, 0) is 50.2 Å². The number of amides is 1. The minimum Gasteiger partial charge on any atom is -0.461 e. The van der Waals surface area contributed by atoms with Gasteiger partial charge in [-0.2, -0.15) is 0 Å². The molecule has 1 aliphatic rings. The van der Waals surface area contributed by atoms with Gasteiger partial charge in [-0.1, -0.05) is 12.1 Å². The summed E-state index contributed by atoms with van der Waals surface area (Å²) in [5, 5.41) is 3.31. The van der Waals surface area contributed by atoms with Crippen molar-refractivity contribution in [3.63, 3.8) is 0 Å². The van der Waals surface area contributed by atoms with E-state index in [1.54, 1.807) is 24.3 Å². The normalized spacial score (nSPS) is 15.4. The molecule has 2 aromatic rings. The lowest BCUT2D eigenvalue weighted by Gasteiger charge is -2.31. The van der Waals surface area contributed by atoms with Gasteiger partial charge >= 0.3 is 0 Å². The van der Waals surface area contributed by atoms with Crippen molar-refractivity contribution < 1.29 is 13.6 Å². The van der Waals surface area contributed by atoms with Gasteiger partial charge in [-0.3, -0.25) is 4.79 Å². The maximum Gasteiger partial charge on any atom is 0.223 e. The molecule has 0 spiro atoms. The number of furan rings is 1. The van der Waals surface area contributed by atoms with Crippen LogP contribution in [0.25, 0.3) is 11.3 Å². The summed E-state index contributed by atoms with van der Waals surface area (Å²) in [4.78, 5) is 14.2. The standard InChI is InChI=1S/C19H23FN2O2/c1-22(14-10-12-21-13-11-14)19(23)9-7-15-6-8-18(24-15)16-4-2-3-5-17(16)20/h2-6,8,14,21H,7,9-13H2,1H3. The highest BCUT2D eigenvalue weighted by molar-refractivity contribution is 5.76. The molecule has 1 aliphatic heterocycles. The van der Waals surface area contributed by atoms with Crippen LogP contribution in [-0.2, 0) is 11.2 Å². The number of halogens is 1. The molecule has 1 fully saturated rings. The lowest BCUT2D eigenvalue weighted by Crippen LogP contribution is -2.44. The van der Waals surface area contributed by atoms with Crippen molar-refractivity contribution in [2.45, 2.75) is 31.7 Å². The maximum atomic E-state index is 13.8. The average Bonchev–Trinajstić information content (AvgIpc) is 3.09. The molecule has 24 heavy (non-hydrogen) atoms. The predicted octanol–water partition coefficient (Wildman–Crippen LogP) is 3.23. The number of carbonyl (C=O) groups is 1. The predicted molar refractivity (Wildman–Crippen MR) is 91.1 cm³/mol.